The molecule has 5 heteroatoms. The van der Waals surface area contributed by atoms with Crippen molar-refractivity contribution in [3.8, 4) is 5.75 Å². The second-order valence-corrected chi connectivity index (χ2v) is 3.81. The summed E-state index contributed by atoms with van der Waals surface area (Å²) in [6, 6.07) is 2.25. The molecule has 3 nitrogen and oxygen atoms in total. The van der Waals surface area contributed by atoms with Crippen LogP contribution in [0.25, 0.3) is 0 Å². The van der Waals surface area contributed by atoms with Gasteiger partial charge in [-0.25, -0.2) is 4.39 Å². The van der Waals surface area contributed by atoms with E-state index in [2.05, 4.69) is 5.32 Å². The van der Waals surface area contributed by atoms with E-state index in [0.29, 0.717) is 25.3 Å². The van der Waals surface area contributed by atoms with Crippen molar-refractivity contribution in [3.63, 3.8) is 0 Å². The maximum atomic E-state index is 13.5. The molecule has 1 aromatic rings. The number of hydrogen-bond donors (Lipinski definition) is 2. The fourth-order valence-corrected chi connectivity index (χ4v) is 1.76. The van der Waals surface area contributed by atoms with Crippen molar-refractivity contribution in [2.24, 2.45) is 0 Å². The highest BCUT2D eigenvalue weighted by Gasteiger charge is 2.20. The Hall–Kier alpha value is -0.840. The predicted molar refractivity (Wildman–Crippen MR) is 54.6 cm³/mol. The molecular weight excluding hydrogens is 221 g/mol. The molecule has 0 aromatic heterocycles. The van der Waals surface area contributed by atoms with Gasteiger partial charge in [0.1, 0.15) is 11.6 Å². The Morgan fingerprint density at radius 2 is 2.33 bits per heavy atom. The van der Waals surface area contributed by atoms with Gasteiger partial charge in [0.15, 0.2) is 0 Å². The predicted octanol–water partition coefficient (Wildman–Crippen LogP) is 1.85. The lowest BCUT2D eigenvalue weighted by atomic mass is 10.1. The number of rotatable bonds is 1. The molecule has 2 rings (SSSR count). The molecule has 1 aliphatic rings. The Balaban J connectivity index is 2.30. The maximum absolute atomic E-state index is 13.5. The van der Waals surface area contributed by atoms with Crippen LogP contribution in [0, 0.1) is 5.82 Å². The van der Waals surface area contributed by atoms with Crippen LogP contribution in [0.2, 0.25) is 5.02 Å². The minimum absolute atomic E-state index is 0.152. The standard InChI is InChI=1S/C10H11ClFNO2/c11-7-3-6(8(12)4-10(7)14)9-5-15-2-1-13-9/h3-4,9,13-14H,1-2,5H2. The molecule has 1 aromatic carbocycles. The number of ether oxygens (including phenoxy) is 1. The molecule has 0 aliphatic carbocycles. The van der Waals surface area contributed by atoms with Gasteiger partial charge in [0.05, 0.1) is 24.3 Å². The van der Waals surface area contributed by atoms with Crippen LogP contribution in [0.1, 0.15) is 11.6 Å². The Bertz CT molecular complexity index is 367. The second-order valence-electron chi connectivity index (χ2n) is 3.41. The molecule has 0 saturated carbocycles. The average molecular weight is 232 g/mol. The molecule has 0 spiro atoms. The first-order valence-electron chi connectivity index (χ1n) is 4.67. The van der Waals surface area contributed by atoms with Crippen molar-refractivity contribution in [2.75, 3.05) is 19.8 Å². The van der Waals surface area contributed by atoms with Crippen LogP contribution in [0.5, 0.6) is 5.75 Å². The molecule has 2 N–H and O–H groups in total. The maximum Gasteiger partial charge on any atom is 0.137 e. The Morgan fingerprint density at radius 1 is 1.53 bits per heavy atom. The normalized spacial score (nSPS) is 21.6. The van der Waals surface area contributed by atoms with E-state index in [0.717, 1.165) is 6.07 Å². The zero-order chi connectivity index (χ0) is 10.8. The number of halogens is 2. The van der Waals surface area contributed by atoms with Crippen LogP contribution in [0.3, 0.4) is 0 Å². The van der Waals surface area contributed by atoms with Gasteiger partial charge < -0.3 is 15.2 Å². The molecule has 0 radical (unpaired) electrons. The van der Waals surface area contributed by atoms with Gasteiger partial charge in [-0.05, 0) is 6.07 Å². The number of benzene rings is 1. The summed E-state index contributed by atoms with van der Waals surface area (Å²) in [4.78, 5) is 0. The summed E-state index contributed by atoms with van der Waals surface area (Å²) in [7, 11) is 0. The number of hydrogen-bond acceptors (Lipinski definition) is 3. The first-order valence-corrected chi connectivity index (χ1v) is 5.05. The Kier molecular flexibility index (Phi) is 3.09. The van der Waals surface area contributed by atoms with Crippen molar-refractivity contribution < 1.29 is 14.2 Å². The van der Waals surface area contributed by atoms with Gasteiger partial charge in [0, 0.05) is 18.2 Å². The van der Waals surface area contributed by atoms with E-state index in [-0.39, 0.29) is 16.8 Å². The van der Waals surface area contributed by atoms with Gasteiger partial charge in [0.25, 0.3) is 0 Å². The number of morpholine rings is 1. The molecule has 82 valence electrons. The average Bonchev–Trinajstić information content (AvgIpc) is 2.25. The van der Waals surface area contributed by atoms with E-state index in [1.165, 1.54) is 6.07 Å². The largest absolute Gasteiger partial charge is 0.506 e. The summed E-state index contributed by atoms with van der Waals surface area (Å²) in [5.41, 5.74) is 0.428. The summed E-state index contributed by atoms with van der Waals surface area (Å²) < 4.78 is 18.7. The third-order valence-electron chi connectivity index (χ3n) is 2.36. The third kappa shape index (κ3) is 2.22. The van der Waals surface area contributed by atoms with Crippen molar-refractivity contribution in [1.82, 2.24) is 5.32 Å². The number of phenolic OH excluding ortho intramolecular Hbond substituents is 1. The van der Waals surface area contributed by atoms with E-state index in [9.17, 15) is 9.50 Å². The molecule has 0 amide bonds. The van der Waals surface area contributed by atoms with E-state index >= 15 is 0 Å². The van der Waals surface area contributed by atoms with Gasteiger partial charge in [-0.15, -0.1) is 0 Å². The number of nitrogens with one attached hydrogen (secondary N) is 1. The molecule has 15 heavy (non-hydrogen) atoms. The molecular formula is C10H11ClFNO2. The summed E-state index contributed by atoms with van der Waals surface area (Å²) in [5, 5.41) is 12.5. The van der Waals surface area contributed by atoms with Crippen LogP contribution >= 0.6 is 11.6 Å². The van der Waals surface area contributed by atoms with Gasteiger partial charge in [0.2, 0.25) is 0 Å². The van der Waals surface area contributed by atoms with Crippen LogP contribution in [-0.4, -0.2) is 24.9 Å². The van der Waals surface area contributed by atoms with Crippen molar-refractivity contribution in [2.45, 2.75) is 6.04 Å². The highest BCUT2D eigenvalue weighted by atomic mass is 35.5. The monoisotopic (exact) mass is 231 g/mol. The zero-order valence-corrected chi connectivity index (χ0v) is 8.72. The molecule has 1 saturated heterocycles. The van der Waals surface area contributed by atoms with Crippen LogP contribution < -0.4 is 5.32 Å². The molecule has 1 aliphatic heterocycles. The highest BCUT2D eigenvalue weighted by Crippen LogP contribution is 2.29. The quantitative estimate of drug-likeness (QED) is 0.775. The van der Waals surface area contributed by atoms with Gasteiger partial charge in [-0.3, -0.25) is 0 Å². The highest BCUT2D eigenvalue weighted by molar-refractivity contribution is 6.32. The van der Waals surface area contributed by atoms with Crippen LogP contribution in [-0.2, 0) is 4.74 Å². The van der Waals surface area contributed by atoms with Crippen molar-refractivity contribution in [1.29, 1.82) is 0 Å². The van der Waals surface area contributed by atoms with Crippen LogP contribution in [0.15, 0.2) is 12.1 Å². The molecule has 1 atom stereocenters. The smallest absolute Gasteiger partial charge is 0.137 e. The van der Waals surface area contributed by atoms with E-state index in [1.54, 1.807) is 0 Å². The molecule has 0 bridgehead atoms. The molecule has 1 heterocycles. The van der Waals surface area contributed by atoms with Crippen molar-refractivity contribution >= 4 is 11.6 Å². The van der Waals surface area contributed by atoms with Crippen LogP contribution in [0.4, 0.5) is 4.39 Å². The fraction of sp³-hybridized carbons (Fsp3) is 0.400. The number of aromatic hydroxyl groups is 1. The molecule has 1 unspecified atom stereocenters. The topological polar surface area (TPSA) is 41.5 Å². The van der Waals surface area contributed by atoms with Gasteiger partial charge in [-0.2, -0.15) is 0 Å². The minimum atomic E-state index is -0.472. The Labute approximate surface area is 91.8 Å². The summed E-state index contributed by atoms with van der Waals surface area (Å²) in [6.07, 6.45) is 0. The second kappa shape index (κ2) is 4.35. The van der Waals surface area contributed by atoms with Gasteiger partial charge >= 0.3 is 0 Å². The van der Waals surface area contributed by atoms with Gasteiger partial charge in [-0.1, -0.05) is 11.6 Å². The zero-order valence-electron chi connectivity index (χ0n) is 7.96. The first-order chi connectivity index (χ1) is 7.18. The lowest BCUT2D eigenvalue weighted by molar-refractivity contribution is 0.0757. The first kappa shape index (κ1) is 10.7. The lowest BCUT2D eigenvalue weighted by Crippen LogP contribution is -2.35. The third-order valence-corrected chi connectivity index (χ3v) is 2.67. The summed E-state index contributed by atoms with van der Waals surface area (Å²) in [5.74, 6) is -0.713. The SMILES string of the molecule is Oc1cc(F)c(C2COCCN2)cc1Cl. The number of phenols is 1. The van der Waals surface area contributed by atoms with E-state index < -0.39 is 5.82 Å². The van der Waals surface area contributed by atoms with Crippen molar-refractivity contribution in [3.05, 3.63) is 28.5 Å². The minimum Gasteiger partial charge on any atom is -0.506 e. The van der Waals surface area contributed by atoms with E-state index in [1.807, 2.05) is 0 Å². The molecule has 1 fully saturated rings. The lowest BCUT2D eigenvalue weighted by Gasteiger charge is -2.24. The Morgan fingerprint density at radius 3 is 3.00 bits per heavy atom. The fourth-order valence-electron chi connectivity index (χ4n) is 1.58. The summed E-state index contributed by atoms with van der Waals surface area (Å²) >= 11 is 5.72. The van der Waals surface area contributed by atoms with E-state index in [4.69, 9.17) is 16.3 Å². The summed E-state index contributed by atoms with van der Waals surface area (Å²) in [6.45, 7) is 1.73.